The van der Waals surface area contributed by atoms with Gasteiger partial charge in [0.2, 0.25) is 0 Å². The molecular weight excluding hydrogens is 248 g/mol. The van der Waals surface area contributed by atoms with Crippen molar-refractivity contribution < 1.29 is 4.74 Å². The second-order valence-electron chi connectivity index (χ2n) is 6.35. The van der Waals surface area contributed by atoms with Crippen LogP contribution in [0.3, 0.4) is 0 Å². The van der Waals surface area contributed by atoms with E-state index in [9.17, 15) is 0 Å². The number of likely N-dealkylation sites (N-methyl/N-ethyl adjacent to an activating group) is 1. The molecule has 1 aliphatic carbocycles. The molecule has 2 rings (SSSR count). The summed E-state index contributed by atoms with van der Waals surface area (Å²) in [5.74, 6) is 0.982. The molecular formula is C17H28N2O. The van der Waals surface area contributed by atoms with Crippen molar-refractivity contribution in [2.45, 2.75) is 50.6 Å². The van der Waals surface area contributed by atoms with Gasteiger partial charge < -0.3 is 15.4 Å². The van der Waals surface area contributed by atoms with Gasteiger partial charge in [0, 0.05) is 18.1 Å². The summed E-state index contributed by atoms with van der Waals surface area (Å²) in [5.41, 5.74) is 7.78. The summed E-state index contributed by atoms with van der Waals surface area (Å²) in [6.07, 6.45) is 5.89. The molecule has 1 saturated carbocycles. The summed E-state index contributed by atoms with van der Waals surface area (Å²) in [4.78, 5) is 2.40. The Morgan fingerprint density at radius 1 is 1.30 bits per heavy atom. The predicted octanol–water partition coefficient (Wildman–Crippen LogP) is 2.83. The first-order valence-electron chi connectivity index (χ1n) is 7.65. The highest BCUT2D eigenvalue weighted by Crippen LogP contribution is 2.28. The number of ether oxygens (including phenoxy) is 1. The lowest BCUT2D eigenvalue weighted by molar-refractivity contribution is 0.196. The third kappa shape index (κ3) is 3.74. The number of para-hydroxylation sites is 1. The average molecular weight is 276 g/mol. The Balaban J connectivity index is 1.95. The van der Waals surface area contributed by atoms with E-state index in [1.54, 1.807) is 7.11 Å². The number of hydrogen-bond donors (Lipinski definition) is 1. The maximum atomic E-state index is 6.48. The molecule has 0 spiro atoms. The average Bonchev–Trinajstić information content (AvgIpc) is 2.85. The zero-order chi connectivity index (χ0) is 14.6. The van der Waals surface area contributed by atoms with Gasteiger partial charge in [0.25, 0.3) is 0 Å². The smallest absolute Gasteiger partial charge is 0.122 e. The number of hydrogen-bond acceptors (Lipinski definition) is 3. The van der Waals surface area contributed by atoms with Gasteiger partial charge in [0.15, 0.2) is 0 Å². The van der Waals surface area contributed by atoms with E-state index >= 15 is 0 Å². The van der Waals surface area contributed by atoms with Crippen LogP contribution in [-0.2, 0) is 6.42 Å². The lowest BCUT2D eigenvalue weighted by Gasteiger charge is -2.33. The highest BCUT2D eigenvalue weighted by Gasteiger charge is 2.31. The van der Waals surface area contributed by atoms with Gasteiger partial charge in [-0.2, -0.15) is 0 Å². The highest BCUT2D eigenvalue weighted by atomic mass is 16.5. The minimum Gasteiger partial charge on any atom is -0.496 e. The van der Waals surface area contributed by atoms with E-state index in [0.29, 0.717) is 6.04 Å². The molecule has 0 saturated heterocycles. The summed E-state index contributed by atoms with van der Waals surface area (Å²) >= 11 is 0. The van der Waals surface area contributed by atoms with E-state index in [1.165, 1.54) is 31.2 Å². The Labute approximate surface area is 123 Å². The summed E-state index contributed by atoms with van der Waals surface area (Å²) in [6.45, 7) is 3.26. The second-order valence-corrected chi connectivity index (χ2v) is 6.35. The Morgan fingerprint density at radius 3 is 2.60 bits per heavy atom. The quantitative estimate of drug-likeness (QED) is 0.868. The van der Waals surface area contributed by atoms with Crippen molar-refractivity contribution in [1.82, 2.24) is 4.90 Å². The maximum Gasteiger partial charge on any atom is 0.122 e. The molecule has 0 aliphatic heterocycles. The Morgan fingerprint density at radius 2 is 1.95 bits per heavy atom. The molecule has 0 amide bonds. The number of benzene rings is 1. The third-order valence-electron chi connectivity index (χ3n) is 4.62. The predicted molar refractivity (Wildman–Crippen MR) is 84.2 cm³/mol. The fourth-order valence-electron chi connectivity index (χ4n) is 3.24. The Bertz CT molecular complexity index is 427. The second kappa shape index (κ2) is 6.59. The minimum atomic E-state index is 0.0315. The van der Waals surface area contributed by atoms with E-state index in [2.05, 4.69) is 31.0 Å². The van der Waals surface area contributed by atoms with Crippen LogP contribution in [0.15, 0.2) is 24.3 Å². The van der Waals surface area contributed by atoms with Gasteiger partial charge in [-0.05, 0) is 44.9 Å². The Hall–Kier alpha value is -1.06. The fourth-order valence-corrected chi connectivity index (χ4v) is 3.24. The van der Waals surface area contributed by atoms with Crippen LogP contribution in [0.1, 0.15) is 38.2 Å². The van der Waals surface area contributed by atoms with Crippen molar-refractivity contribution in [3.8, 4) is 5.75 Å². The lowest BCUT2D eigenvalue weighted by atomic mass is 9.97. The van der Waals surface area contributed by atoms with Gasteiger partial charge in [-0.1, -0.05) is 31.0 Å². The third-order valence-corrected chi connectivity index (χ3v) is 4.62. The molecule has 1 unspecified atom stereocenters. The molecule has 20 heavy (non-hydrogen) atoms. The summed E-state index contributed by atoms with van der Waals surface area (Å²) < 4.78 is 5.44. The van der Waals surface area contributed by atoms with E-state index in [0.717, 1.165) is 18.7 Å². The largest absolute Gasteiger partial charge is 0.496 e. The standard InChI is InChI=1S/C17H28N2O/c1-14(12-15-8-4-5-9-16(15)20-3)19(2)13-17(18)10-6-7-11-17/h4-5,8-9,14H,6-7,10-13,18H2,1-3H3. The first-order valence-corrected chi connectivity index (χ1v) is 7.65. The van der Waals surface area contributed by atoms with Gasteiger partial charge in [-0.15, -0.1) is 0 Å². The minimum absolute atomic E-state index is 0.0315. The van der Waals surface area contributed by atoms with Crippen molar-refractivity contribution in [1.29, 1.82) is 0 Å². The van der Waals surface area contributed by atoms with Gasteiger partial charge in [0.05, 0.1) is 7.11 Å². The number of nitrogens with two attached hydrogens (primary N) is 1. The van der Waals surface area contributed by atoms with Crippen LogP contribution < -0.4 is 10.5 Å². The molecule has 1 aliphatic rings. The molecule has 2 N–H and O–H groups in total. The fraction of sp³-hybridized carbons (Fsp3) is 0.647. The first kappa shape index (κ1) is 15.3. The normalized spacial score (nSPS) is 19.2. The van der Waals surface area contributed by atoms with Crippen LogP contribution >= 0.6 is 0 Å². The van der Waals surface area contributed by atoms with Crippen molar-refractivity contribution in [3.63, 3.8) is 0 Å². The number of nitrogens with zero attached hydrogens (tertiary/aromatic N) is 1. The lowest BCUT2D eigenvalue weighted by Crippen LogP contribution is -2.49. The summed E-state index contributed by atoms with van der Waals surface area (Å²) in [5, 5.41) is 0. The van der Waals surface area contributed by atoms with Crippen molar-refractivity contribution in [3.05, 3.63) is 29.8 Å². The maximum absolute atomic E-state index is 6.48. The molecule has 1 atom stereocenters. The van der Waals surface area contributed by atoms with Gasteiger partial charge in [-0.25, -0.2) is 0 Å². The SMILES string of the molecule is COc1ccccc1CC(C)N(C)CC1(N)CCCC1. The van der Waals surface area contributed by atoms with Crippen LogP contribution in [0.25, 0.3) is 0 Å². The van der Waals surface area contributed by atoms with Crippen LogP contribution in [0.4, 0.5) is 0 Å². The summed E-state index contributed by atoms with van der Waals surface area (Å²) in [7, 11) is 3.92. The molecule has 1 aromatic carbocycles. The van der Waals surface area contributed by atoms with Crippen LogP contribution in [0.2, 0.25) is 0 Å². The van der Waals surface area contributed by atoms with Crippen molar-refractivity contribution in [2.24, 2.45) is 5.73 Å². The monoisotopic (exact) mass is 276 g/mol. The van der Waals surface area contributed by atoms with Crippen LogP contribution in [0.5, 0.6) is 5.75 Å². The van der Waals surface area contributed by atoms with Crippen molar-refractivity contribution >= 4 is 0 Å². The van der Waals surface area contributed by atoms with Gasteiger partial charge >= 0.3 is 0 Å². The van der Waals surface area contributed by atoms with Gasteiger partial charge in [0.1, 0.15) is 5.75 Å². The molecule has 3 nitrogen and oxygen atoms in total. The molecule has 0 aromatic heterocycles. The van der Waals surface area contributed by atoms with Crippen molar-refractivity contribution in [2.75, 3.05) is 20.7 Å². The topological polar surface area (TPSA) is 38.5 Å². The van der Waals surface area contributed by atoms with E-state index < -0.39 is 0 Å². The van der Waals surface area contributed by atoms with Gasteiger partial charge in [-0.3, -0.25) is 0 Å². The molecule has 1 aromatic rings. The summed E-state index contributed by atoms with van der Waals surface area (Å²) in [6, 6.07) is 8.74. The molecule has 0 bridgehead atoms. The molecule has 1 fully saturated rings. The highest BCUT2D eigenvalue weighted by molar-refractivity contribution is 5.33. The number of rotatable bonds is 6. The molecule has 3 heteroatoms. The first-order chi connectivity index (χ1) is 9.54. The number of methoxy groups -OCH3 is 1. The van der Waals surface area contributed by atoms with E-state index in [4.69, 9.17) is 10.5 Å². The van der Waals surface area contributed by atoms with E-state index in [1.807, 2.05) is 12.1 Å². The van der Waals surface area contributed by atoms with E-state index in [-0.39, 0.29) is 5.54 Å². The molecule has 112 valence electrons. The zero-order valence-electron chi connectivity index (χ0n) is 13.1. The molecule has 0 heterocycles. The van der Waals surface area contributed by atoms with Crippen LogP contribution in [-0.4, -0.2) is 37.2 Å². The molecule has 0 radical (unpaired) electrons. The zero-order valence-corrected chi connectivity index (χ0v) is 13.1. The van der Waals surface area contributed by atoms with Crippen LogP contribution in [0, 0.1) is 0 Å². The Kier molecular flexibility index (Phi) is 5.06.